The van der Waals surface area contributed by atoms with Crippen molar-refractivity contribution >= 4 is 15.9 Å². The number of hydrogen-bond donors (Lipinski definition) is 1. The van der Waals surface area contributed by atoms with Crippen LogP contribution in [0.15, 0.2) is 10.5 Å². The predicted molar refractivity (Wildman–Crippen MR) is 74.1 cm³/mol. The molecule has 17 heavy (non-hydrogen) atoms. The van der Waals surface area contributed by atoms with Gasteiger partial charge < -0.3 is 15.2 Å². The third-order valence-electron chi connectivity index (χ3n) is 3.01. The quantitative estimate of drug-likeness (QED) is 0.908. The van der Waals surface area contributed by atoms with E-state index < -0.39 is 0 Å². The second-order valence-corrected chi connectivity index (χ2v) is 4.97. The Labute approximate surface area is 111 Å². The van der Waals surface area contributed by atoms with Crippen LogP contribution >= 0.6 is 15.9 Å². The first-order valence-electron chi connectivity index (χ1n) is 5.67. The second kappa shape index (κ2) is 6.26. The second-order valence-electron chi connectivity index (χ2n) is 4.11. The van der Waals surface area contributed by atoms with Crippen LogP contribution in [-0.4, -0.2) is 20.8 Å². The van der Waals surface area contributed by atoms with Gasteiger partial charge >= 0.3 is 0 Å². The molecule has 2 N–H and O–H groups in total. The van der Waals surface area contributed by atoms with Crippen LogP contribution in [0.3, 0.4) is 0 Å². The van der Waals surface area contributed by atoms with Gasteiger partial charge in [0, 0.05) is 10.0 Å². The molecule has 0 radical (unpaired) electrons. The number of nitrogens with two attached hydrogens (primary N) is 1. The molecule has 1 unspecified atom stereocenters. The van der Waals surface area contributed by atoms with Crippen molar-refractivity contribution in [1.82, 2.24) is 0 Å². The molecule has 96 valence electrons. The maximum Gasteiger partial charge on any atom is 0.164 e. The predicted octanol–water partition coefficient (Wildman–Crippen LogP) is 3.23. The normalized spacial score (nSPS) is 12.4. The summed E-state index contributed by atoms with van der Waals surface area (Å²) in [5.41, 5.74) is 7.99. The number of methoxy groups -OCH3 is 2. The van der Waals surface area contributed by atoms with Crippen molar-refractivity contribution in [3.63, 3.8) is 0 Å². The van der Waals surface area contributed by atoms with Gasteiger partial charge in [0.15, 0.2) is 11.5 Å². The fourth-order valence-electron chi connectivity index (χ4n) is 2.07. The lowest BCUT2D eigenvalue weighted by Crippen LogP contribution is -2.08. The lowest BCUT2D eigenvalue weighted by atomic mass is 9.92. The molecule has 0 aliphatic carbocycles. The van der Waals surface area contributed by atoms with Gasteiger partial charge in [-0.05, 0) is 37.4 Å². The highest BCUT2D eigenvalue weighted by Gasteiger charge is 2.20. The minimum absolute atomic E-state index is 0.348. The smallest absolute Gasteiger partial charge is 0.164 e. The molecule has 0 bridgehead atoms. The molecule has 3 nitrogen and oxygen atoms in total. The number of benzene rings is 1. The van der Waals surface area contributed by atoms with Gasteiger partial charge in [-0.1, -0.05) is 22.9 Å². The van der Waals surface area contributed by atoms with E-state index in [2.05, 4.69) is 29.8 Å². The van der Waals surface area contributed by atoms with Crippen LogP contribution in [-0.2, 0) is 0 Å². The van der Waals surface area contributed by atoms with Crippen molar-refractivity contribution < 1.29 is 9.47 Å². The summed E-state index contributed by atoms with van der Waals surface area (Å²) in [4.78, 5) is 0. The van der Waals surface area contributed by atoms with Crippen LogP contribution in [0.1, 0.15) is 30.4 Å². The van der Waals surface area contributed by atoms with E-state index in [1.165, 1.54) is 11.1 Å². The average molecular weight is 302 g/mol. The minimum atomic E-state index is 0.348. The highest BCUT2D eigenvalue weighted by Crippen LogP contribution is 2.42. The molecule has 0 spiro atoms. The van der Waals surface area contributed by atoms with E-state index in [1.54, 1.807) is 14.2 Å². The monoisotopic (exact) mass is 301 g/mol. The lowest BCUT2D eigenvalue weighted by molar-refractivity contribution is 0.348. The highest BCUT2D eigenvalue weighted by molar-refractivity contribution is 9.10. The molecule has 0 fully saturated rings. The van der Waals surface area contributed by atoms with Crippen LogP contribution in [0.5, 0.6) is 11.5 Å². The molecule has 1 aromatic rings. The van der Waals surface area contributed by atoms with Gasteiger partial charge in [0.25, 0.3) is 0 Å². The van der Waals surface area contributed by atoms with Gasteiger partial charge in [-0.15, -0.1) is 0 Å². The maximum absolute atomic E-state index is 5.63. The van der Waals surface area contributed by atoms with Crippen molar-refractivity contribution in [2.24, 2.45) is 5.73 Å². The van der Waals surface area contributed by atoms with Gasteiger partial charge in [0.2, 0.25) is 0 Å². The summed E-state index contributed by atoms with van der Waals surface area (Å²) >= 11 is 3.55. The van der Waals surface area contributed by atoms with Gasteiger partial charge in [0.05, 0.1) is 14.2 Å². The molecular formula is C13H20BrNO2. The Hall–Kier alpha value is -0.740. The molecule has 1 aromatic carbocycles. The maximum atomic E-state index is 5.63. The molecule has 0 aromatic heterocycles. The standard InChI is InChI=1S/C13H20BrNO2/c1-8(5-6-15)12-9(2)10(14)7-11(16-3)13(12)17-4/h7-8H,5-6,15H2,1-4H3. The molecule has 0 saturated heterocycles. The Morgan fingerprint density at radius 2 is 2.00 bits per heavy atom. The first-order valence-corrected chi connectivity index (χ1v) is 6.47. The Kier molecular flexibility index (Phi) is 5.28. The van der Waals surface area contributed by atoms with Crippen molar-refractivity contribution in [3.05, 3.63) is 21.7 Å². The van der Waals surface area contributed by atoms with E-state index in [0.29, 0.717) is 12.5 Å². The topological polar surface area (TPSA) is 44.5 Å². The van der Waals surface area contributed by atoms with Crippen LogP contribution in [0.25, 0.3) is 0 Å². The van der Waals surface area contributed by atoms with E-state index >= 15 is 0 Å². The van der Waals surface area contributed by atoms with Crippen molar-refractivity contribution in [1.29, 1.82) is 0 Å². The molecule has 4 heteroatoms. The van der Waals surface area contributed by atoms with Crippen molar-refractivity contribution in [2.75, 3.05) is 20.8 Å². The Morgan fingerprint density at radius 3 is 2.47 bits per heavy atom. The summed E-state index contributed by atoms with van der Waals surface area (Å²) in [6, 6.07) is 1.94. The Bertz CT molecular complexity index is 393. The van der Waals surface area contributed by atoms with Crippen molar-refractivity contribution in [2.45, 2.75) is 26.2 Å². The summed E-state index contributed by atoms with van der Waals surface area (Å²) in [7, 11) is 3.32. The van der Waals surface area contributed by atoms with E-state index in [4.69, 9.17) is 15.2 Å². The number of halogens is 1. The summed E-state index contributed by atoms with van der Waals surface area (Å²) in [5, 5.41) is 0. The summed E-state index contributed by atoms with van der Waals surface area (Å²) in [6.45, 7) is 4.90. The molecular weight excluding hydrogens is 282 g/mol. The highest BCUT2D eigenvalue weighted by atomic mass is 79.9. The van der Waals surface area contributed by atoms with Gasteiger partial charge in [-0.25, -0.2) is 0 Å². The zero-order chi connectivity index (χ0) is 13.0. The van der Waals surface area contributed by atoms with Crippen LogP contribution in [0, 0.1) is 6.92 Å². The Morgan fingerprint density at radius 1 is 1.35 bits per heavy atom. The summed E-state index contributed by atoms with van der Waals surface area (Å²) in [6.07, 6.45) is 0.927. The van der Waals surface area contributed by atoms with Crippen LogP contribution in [0.2, 0.25) is 0 Å². The van der Waals surface area contributed by atoms with E-state index in [1.807, 2.05) is 6.07 Å². The molecule has 1 rings (SSSR count). The minimum Gasteiger partial charge on any atom is -0.493 e. The number of rotatable bonds is 5. The molecule has 0 amide bonds. The van der Waals surface area contributed by atoms with Gasteiger partial charge in [-0.3, -0.25) is 0 Å². The zero-order valence-corrected chi connectivity index (χ0v) is 12.4. The van der Waals surface area contributed by atoms with Crippen LogP contribution < -0.4 is 15.2 Å². The van der Waals surface area contributed by atoms with Crippen molar-refractivity contribution in [3.8, 4) is 11.5 Å². The zero-order valence-electron chi connectivity index (χ0n) is 10.8. The molecule has 0 aliphatic rings. The van der Waals surface area contributed by atoms with Gasteiger partial charge in [0.1, 0.15) is 0 Å². The molecule has 0 heterocycles. The van der Waals surface area contributed by atoms with E-state index in [9.17, 15) is 0 Å². The SMILES string of the molecule is COc1cc(Br)c(C)c(C(C)CCN)c1OC. The molecule has 0 saturated carbocycles. The van der Waals surface area contributed by atoms with Gasteiger partial charge in [-0.2, -0.15) is 0 Å². The summed E-state index contributed by atoms with van der Waals surface area (Å²) < 4.78 is 11.9. The Balaban J connectivity index is 3.37. The lowest BCUT2D eigenvalue weighted by Gasteiger charge is -2.21. The largest absolute Gasteiger partial charge is 0.493 e. The molecule has 1 atom stereocenters. The third kappa shape index (κ3) is 2.93. The first kappa shape index (κ1) is 14.3. The molecule has 0 aliphatic heterocycles. The fourth-order valence-corrected chi connectivity index (χ4v) is 2.49. The first-order chi connectivity index (χ1) is 8.06. The van der Waals surface area contributed by atoms with Crippen LogP contribution in [0.4, 0.5) is 0 Å². The van der Waals surface area contributed by atoms with E-state index in [-0.39, 0.29) is 0 Å². The third-order valence-corrected chi connectivity index (χ3v) is 3.83. The van der Waals surface area contributed by atoms with E-state index in [0.717, 1.165) is 22.4 Å². The average Bonchev–Trinajstić information content (AvgIpc) is 2.31. The fraction of sp³-hybridized carbons (Fsp3) is 0.538. The summed E-state index contributed by atoms with van der Waals surface area (Å²) in [5.74, 6) is 1.92. The number of hydrogen-bond acceptors (Lipinski definition) is 3. The number of ether oxygens (including phenoxy) is 2.